The van der Waals surface area contributed by atoms with E-state index in [-0.39, 0.29) is 6.42 Å². The first kappa shape index (κ1) is 13.2. The highest BCUT2D eigenvalue weighted by atomic mass is 16.4. The van der Waals surface area contributed by atoms with E-state index in [2.05, 4.69) is 29.0 Å². The fourth-order valence-electron chi connectivity index (χ4n) is 2.34. The predicted molar refractivity (Wildman–Crippen MR) is 73.0 cm³/mol. The summed E-state index contributed by atoms with van der Waals surface area (Å²) >= 11 is 0. The summed E-state index contributed by atoms with van der Waals surface area (Å²) in [5.74, 6) is -0.584. The molecule has 2 rings (SSSR count). The lowest BCUT2D eigenvalue weighted by Crippen LogP contribution is -2.05. The molecule has 0 spiro atoms. The number of aryl methyl sites for hydroxylation is 3. The van der Waals surface area contributed by atoms with Crippen LogP contribution in [0.1, 0.15) is 22.5 Å². The Hall–Kier alpha value is -2.23. The van der Waals surface area contributed by atoms with Crippen LogP contribution in [-0.4, -0.2) is 21.0 Å². The summed E-state index contributed by atoms with van der Waals surface area (Å²) in [6.45, 7) is 6.13. The van der Waals surface area contributed by atoms with Gasteiger partial charge in [0.2, 0.25) is 0 Å². The highest BCUT2D eigenvalue weighted by molar-refractivity contribution is 5.70. The van der Waals surface area contributed by atoms with Crippen molar-refractivity contribution in [3.8, 4) is 11.3 Å². The molecular formula is C15H16N2O2. The molecule has 2 aromatic rings. The zero-order valence-corrected chi connectivity index (χ0v) is 11.3. The lowest BCUT2D eigenvalue weighted by atomic mass is 9.97. The van der Waals surface area contributed by atoms with Crippen LogP contribution in [-0.2, 0) is 11.2 Å². The van der Waals surface area contributed by atoms with Gasteiger partial charge in [-0.2, -0.15) is 0 Å². The van der Waals surface area contributed by atoms with Crippen molar-refractivity contribution in [3.05, 3.63) is 46.9 Å². The van der Waals surface area contributed by atoms with Crippen molar-refractivity contribution in [1.29, 1.82) is 0 Å². The second-order valence-electron chi connectivity index (χ2n) is 4.70. The monoisotopic (exact) mass is 256 g/mol. The molecule has 0 bridgehead atoms. The number of aliphatic carboxylic acids is 1. The Kier molecular flexibility index (Phi) is 3.60. The third-order valence-corrected chi connectivity index (χ3v) is 2.95. The summed E-state index contributed by atoms with van der Waals surface area (Å²) in [5, 5.41) is 8.79. The first-order chi connectivity index (χ1) is 8.97. The van der Waals surface area contributed by atoms with Gasteiger partial charge in [0.15, 0.2) is 0 Å². The minimum atomic E-state index is -0.922. The maximum absolute atomic E-state index is 10.7. The maximum Gasteiger partial charge on any atom is 0.311 e. The van der Waals surface area contributed by atoms with Gasteiger partial charge >= 0.3 is 5.97 Å². The lowest BCUT2D eigenvalue weighted by Gasteiger charge is -2.11. The van der Waals surface area contributed by atoms with E-state index in [1.54, 1.807) is 6.20 Å². The number of benzene rings is 1. The van der Waals surface area contributed by atoms with Gasteiger partial charge in [0.25, 0.3) is 0 Å². The third kappa shape index (κ3) is 2.96. The average Bonchev–Trinajstić information content (AvgIpc) is 2.26. The number of carboxylic acids is 1. The van der Waals surface area contributed by atoms with Gasteiger partial charge in [-0.3, -0.25) is 4.79 Å². The molecule has 0 aliphatic heterocycles. The predicted octanol–water partition coefficient (Wildman–Crippen LogP) is 2.70. The summed E-state index contributed by atoms with van der Waals surface area (Å²) in [5.41, 5.74) is 5.31. The van der Waals surface area contributed by atoms with Crippen LogP contribution in [0.25, 0.3) is 11.3 Å². The number of hydrogen-bond donors (Lipinski definition) is 1. The zero-order chi connectivity index (χ0) is 14.0. The molecule has 0 radical (unpaired) electrons. The summed E-state index contributed by atoms with van der Waals surface area (Å²) in [7, 11) is 0. The fourth-order valence-corrected chi connectivity index (χ4v) is 2.34. The van der Waals surface area contributed by atoms with E-state index in [9.17, 15) is 4.79 Å². The van der Waals surface area contributed by atoms with Crippen LogP contribution in [0.15, 0.2) is 24.4 Å². The van der Waals surface area contributed by atoms with E-state index < -0.39 is 5.97 Å². The second kappa shape index (κ2) is 5.18. The van der Waals surface area contributed by atoms with Crippen LogP contribution in [0.2, 0.25) is 0 Å². The molecule has 98 valence electrons. The molecule has 0 amide bonds. The molecule has 1 aromatic heterocycles. The van der Waals surface area contributed by atoms with Crippen molar-refractivity contribution in [1.82, 2.24) is 9.97 Å². The van der Waals surface area contributed by atoms with Gasteiger partial charge in [0.05, 0.1) is 5.69 Å². The molecule has 0 fully saturated rings. The van der Waals surface area contributed by atoms with Crippen LogP contribution < -0.4 is 0 Å². The molecule has 1 aromatic carbocycles. The molecule has 0 saturated heterocycles. The molecule has 4 nitrogen and oxygen atoms in total. The van der Waals surface area contributed by atoms with Crippen LogP contribution in [0.5, 0.6) is 0 Å². The van der Waals surface area contributed by atoms with Crippen molar-refractivity contribution in [3.63, 3.8) is 0 Å². The minimum absolute atomic E-state index is 0.155. The summed E-state index contributed by atoms with van der Waals surface area (Å²) in [4.78, 5) is 19.0. The molecule has 1 N–H and O–H groups in total. The topological polar surface area (TPSA) is 63.1 Å². The molecule has 1 heterocycles. The SMILES string of the molecule is Cc1cc(C)c(-c2ccnc(CC(=O)O)n2)c(C)c1. The Morgan fingerprint density at radius 3 is 2.42 bits per heavy atom. The number of carbonyl (C=O) groups is 1. The Bertz CT molecular complexity index is 613. The largest absolute Gasteiger partial charge is 0.481 e. The molecule has 0 aliphatic carbocycles. The highest BCUT2D eigenvalue weighted by Gasteiger charge is 2.10. The van der Waals surface area contributed by atoms with E-state index >= 15 is 0 Å². The highest BCUT2D eigenvalue weighted by Crippen LogP contribution is 2.26. The zero-order valence-electron chi connectivity index (χ0n) is 11.3. The van der Waals surface area contributed by atoms with Gasteiger partial charge < -0.3 is 5.11 Å². The van der Waals surface area contributed by atoms with E-state index in [1.165, 1.54) is 5.56 Å². The molecule has 4 heteroatoms. The molecule has 0 saturated carbocycles. The fraction of sp³-hybridized carbons (Fsp3) is 0.267. The van der Waals surface area contributed by atoms with Gasteiger partial charge in [0, 0.05) is 11.8 Å². The number of aromatic nitrogens is 2. The third-order valence-electron chi connectivity index (χ3n) is 2.95. The minimum Gasteiger partial charge on any atom is -0.481 e. The van der Waals surface area contributed by atoms with E-state index in [0.29, 0.717) is 5.82 Å². The summed E-state index contributed by atoms with van der Waals surface area (Å²) < 4.78 is 0. The van der Waals surface area contributed by atoms with Gasteiger partial charge in [-0.05, 0) is 38.0 Å². The van der Waals surface area contributed by atoms with E-state index in [0.717, 1.165) is 22.4 Å². The normalized spacial score (nSPS) is 10.5. The molecule has 0 unspecified atom stereocenters. The molecular weight excluding hydrogens is 240 g/mol. The quantitative estimate of drug-likeness (QED) is 0.917. The van der Waals surface area contributed by atoms with Gasteiger partial charge in [-0.25, -0.2) is 9.97 Å². The smallest absolute Gasteiger partial charge is 0.311 e. The van der Waals surface area contributed by atoms with Crippen LogP contribution >= 0.6 is 0 Å². The molecule has 0 aliphatic rings. The van der Waals surface area contributed by atoms with Crippen molar-refractivity contribution in [2.75, 3.05) is 0 Å². The van der Waals surface area contributed by atoms with E-state index in [1.807, 2.05) is 19.9 Å². The molecule has 19 heavy (non-hydrogen) atoms. The average molecular weight is 256 g/mol. The molecule has 0 atom stereocenters. The van der Waals surface area contributed by atoms with Crippen molar-refractivity contribution in [2.45, 2.75) is 27.2 Å². The van der Waals surface area contributed by atoms with Crippen molar-refractivity contribution >= 4 is 5.97 Å². The van der Waals surface area contributed by atoms with Gasteiger partial charge in [0.1, 0.15) is 12.2 Å². The van der Waals surface area contributed by atoms with Crippen molar-refractivity contribution < 1.29 is 9.90 Å². The maximum atomic E-state index is 10.7. The van der Waals surface area contributed by atoms with Crippen LogP contribution in [0, 0.1) is 20.8 Å². The Morgan fingerprint density at radius 2 is 1.84 bits per heavy atom. The van der Waals surface area contributed by atoms with Crippen LogP contribution in [0.4, 0.5) is 0 Å². The van der Waals surface area contributed by atoms with Gasteiger partial charge in [-0.1, -0.05) is 17.7 Å². The summed E-state index contributed by atoms with van der Waals surface area (Å²) in [6.07, 6.45) is 1.46. The first-order valence-corrected chi connectivity index (χ1v) is 6.09. The number of nitrogens with zero attached hydrogens (tertiary/aromatic N) is 2. The standard InChI is InChI=1S/C15H16N2O2/c1-9-6-10(2)15(11(3)7-9)12-4-5-16-13(17-12)8-14(18)19/h4-7H,8H2,1-3H3,(H,18,19). The Labute approximate surface area is 112 Å². The number of carboxylic acid groups (broad SMARTS) is 1. The lowest BCUT2D eigenvalue weighted by molar-refractivity contribution is -0.136. The summed E-state index contributed by atoms with van der Waals surface area (Å²) in [6, 6.07) is 6.01. The number of hydrogen-bond acceptors (Lipinski definition) is 3. The van der Waals surface area contributed by atoms with E-state index in [4.69, 9.17) is 5.11 Å². The second-order valence-corrected chi connectivity index (χ2v) is 4.70. The first-order valence-electron chi connectivity index (χ1n) is 6.09. The van der Waals surface area contributed by atoms with Crippen molar-refractivity contribution in [2.24, 2.45) is 0 Å². The van der Waals surface area contributed by atoms with Crippen LogP contribution in [0.3, 0.4) is 0 Å². The number of rotatable bonds is 3. The Balaban J connectivity index is 2.50. The Morgan fingerprint density at radius 1 is 1.21 bits per heavy atom. The van der Waals surface area contributed by atoms with Gasteiger partial charge in [-0.15, -0.1) is 0 Å².